The van der Waals surface area contributed by atoms with Crippen molar-refractivity contribution in [2.45, 2.75) is 149 Å². The van der Waals surface area contributed by atoms with E-state index in [0.29, 0.717) is 23.7 Å². The minimum Gasteiger partial charge on any atom is -0.481 e. The molecule has 0 bridgehead atoms. The van der Waals surface area contributed by atoms with Gasteiger partial charge in [-0.3, -0.25) is 4.79 Å². The highest BCUT2D eigenvalue weighted by Crippen LogP contribution is 2.53. The van der Waals surface area contributed by atoms with Crippen LogP contribution in [0.5, 0.6) is 0 Å². The molecule has 0 unspecified atom stereocenters. The lowest BCUT2D eigenvalue weighted by Gasteiger charge is -2.41. The Kier molecular flexibility index (Phi) is 12.2. The molecule has 0 radical (unpaired) electrons. The molecule has 2 saturated carbocycles. The first-order valence-corrected chi connectivity index (χ1v) is 21.4. The van der Waals surface area contributed by atoms with Gasteiger partial charge in [-0.05, 0) is 93.0 Å². The number of carboxylic acid groups (broad SMARTS) is 1. The molecule has 6 heteroatoms. The standard InChI is InChI=1S/C34H60O4Si2/c1-13-14-17-25(2)30(37-39(9,10)33(3,4)5)21-20-28-29-23-26(18-15-16-19-32(35)36)22-27(29)24-31(28)38-40(11,12)34(6,7)8/h18,20-21,25,27-31H,15-17,19,22-24H2,1-12H3,(H,35,36)/b21-20+,26-18+/t25-,27-,28+,29-,30+,31+/m0/s1. The van der Waals surface area contributed by atoms with Crippen LogP contribution < -0.4 is 0 Å². The van der Waals surface area contributed by atoms with Crippen LogP contribution in [0.25, 0.3) is 0 Å². The Balaban J connectivity index is 2.36. The normalized spacial score (nSPS) is 26.6. The van der Waals surface area contributed by atoms with Gasteiger partial charge < -0.3 is 14.0 Å². The lowest BCUT2D eigenvalue weighted by Crippen LogP contribution is -2.45. The Bertz CT molecular complexity index is 971. The van der Waals surface area contributed by atoms with Gasteiger partial charge in [0.15, 0.2) is 16.6 Å². The largest absolute Gasteiger partial charge is 0.481 e. The van der Waals surface area contributed by atoms with E-state index in [1.54, 1.807) is 0 Å². The van der Waals surface area contributed by atoms with Gasteiger partial charge in [-0.1, -0.05) is 72.3 Å². The van der Waals surface area contributed by atoms with Gasteiger partial charge >= 0.3 is 5.97 Å². The Morgan fingerprint density at radius 1 is 1.07 bits per heavy atom. The summed E-state index contributed by atoms with van der Waals surface area (Å²) in [5.74, 6) is 7.59. The number of rotatable bonds is 12. The van der Waals surface area contributed by atoms with Crippen molar-refractivity contribution in [3.63, 3.8) is 0 Å². The molecule has 0 saturated heterocycles. The predicted octanol–water partition coefficient (Wildman–Crippen LogP) is 9.60. The molecule has 4 nitrogen and oxygen atoms in total. The topological polar surface area (TPSA) is 55.8 Å². The maximum absolute atomic E-state index is 10.9. The molecule has 6 atom stereocenters. The Labute approximate surface area is 249 Å². The number of fused-ring (bicyclic) bond motifs is 1. The number of carbonyl (C=O) groups is 1. The van der Waals surface area contributed by atoms with Crippen LogP contribution in [0.2, 0.25) is 36.3 Å². The van der Waals surface area contributed by atoms with E-state index in [9.17, 15) is 4.79 Å². The molecule has 0 amide bonds. The highest BCUT2D eigenvalue weighted by molar-refractivity contribution is 6.74. The van der Waals surface area contributed by atoms with E-state index in [4.69, 9.17) is 14.0 Å². The summed E-state index contributed by atoms with van der Waals surface area (Å²) in [5, 5.41) is 9.32. The van der Waals surface area contributed by atoms with Crippen LogP contribution in [0.4, 0.5) is 0 Å². The molecule has 1 N–H and O–H groups in total. The second-order valence-electron chi connectivity index (χ2n) is 15.5. The van der Waals surface area contributed by atoms with Gasteiger partial charge in [0, 0.05) is 18.8 Å². The van der Waals surface area contributed by atoms with Gasteiger partial charge in [-0.2, -0.15) is 0 Å². The molecule has 228 valence electrons. The molecule has 2 fully saturated rings. The summed E-state index contributed by atoms with van der Waals surface area (Å²) < 4.78 is 14.2. The third-order valence-corrected chi connectivity index (χ3v) is 19.3. The molecular weight excluding hydrogens is 529 g/mol. The summed E-state index contributed by atoms with van der Waals surface area (Å²) in [4.78, 5) is 10.9. The van der Waals surface area contributed by atoms with E-state index in [1.165, 1.54) is 5.57 Å². The molecule has 0 aliphatic heterocycles. The molecule has 0 aromatic rings. The van der Waals surface area contributed by atoms with Gasteiger partial charge in [-0.25, -0.2) is 0 Å². The Morgan fingerprint density at radius 2 is 1.70 bits per heavy atom. The van der Waals surface area contributed by atoms with Crippen molar-refractivity contribution in [1.82, 2.24) is 0 Å². The van der Waals surface area contributed by atoms with Crippen molar-refractivity contribution in [2.24, 2.45) is 23.7 Å². The predicted molar refractivity (Wildman–Crippen MR) is 174 cm³/mol. The fourth-order valence-electron chi connectivity index (χ4n) is 5.63. The summed E-state index contributed by atoms with van der Waals surface area (Å²) in [6.45, 7) is 27.6. The molecule has 40 heavy (non-hydrogen) atoms. The number of aliphatic carboxylic acids is 1. The van der Waals surface area contributed by atoms with E-state index < -0.39 is 22.6 Å². The third kappa shape index (κ3) is 9.44. The zero-order chi connectivity index (χ0) is 30.5. The summed E-state index contributed by atoms with van der Waals surface area (Å²) in [6.07, 6.45) is 13.5. The van der Waals surface area contributed by atoms with Crippen molar-refractivity contribution >= 4 is 22.6 Å². The second-order valence-corrected chi connectivity index (χ2v) is 25.1. The zero-order valence-electron chi connectivity index (χ0n) is 27.8. The SMILES string of the molecule is CC#CC[C@H](C)[C@@H](/C=C/[C@@H]1[C@H]2C/C(=C/CCCC(=O)O)C[C@H]2C[C@H]1O[Si](C)(C)C(C)(C)C)O[Si](C)(C)C(C)(C)C. The maximum atomic E-state index is 10.9. The third-order valence-electron chi connectivity index (χ3n) is 10.3. The average Bonchev–Trinajstić information content (AvgIpc) is 3.33. The van der Waals surface area contributed by atoms with E-state index >= 15 is 0 Å². The molecule has 2 aliphatic carbocycles. The van der Waals surface area contributed by atoms with E-state index in [1.807, 2.05) is 6.92 Å². The fraction of sp³-hybridized carbons (Fsp3) is 0.794. The highest BCUT2D eigenvalue weighted by Gasteiger charge is 2.50. The fourth-order valence-corrected chi connectivity index (χ4v) is 8.34. The Hall–Kier alpha value is -1.14. The minimum atomic E-state index is -1.97. The zero-order valence-corrected chi connectivity index (χ0v) is 29.8. The summed E-state index contributed by atoms with van der Waals surface area (Å²) in [7, 11) is -3.88. The van der Waals surface area contributed by atoms with Gasteiger partial charge in [0.25, 0.3) is 0 Å². The maximum Gasteiger partial charge on any atom is 0.303 e. The average molecular weight is 589 g/mol. The molecule has 2 rings (SSSR count). The monoisotopic (exact) mass is 588 g/mol. The quantitative estimate of drug-likeness (QED) is 0.107. The van der Waals surface area contributed by atoms with Crippen molar-refractivity contribution in [3.05, 3.63) is 23.8 Å². The number of carboxylic acids is 1. The van der Waals surface area contributed by atoms with Crippen LogP contribution in [0.1, 0.15) is 100 Å². The van der Waals surface area contributed by atoms with E-state index in [2.05, 4.69) is 105 Å². The lowest BCUT2D eigenvalue weighted by molar-refractivity contribution is -0.137. The summed E-state index contributed by atoms with van der Waals surface area (Å²) in [6, 6.07) is 0. The van der Waals surface area contributed by atoms with Crippen molar-refractivity contribution in [1.29, 1.82) is 0 Å². The first-order valence-electron chi connectivity index (χ1n) is 15.6. The first kappa shape index (κ1) is 35.1. The van der Waals surface area contributed by atoms with E-state index in [0.717, 1.165) is 38.5 Å². The van der Waals surface area contributed by atoms with E-state index in [-0.39, 0.29) is 28.7 Å². The van der Waals surface area contributed by atoms with Gasteiger partial charge in [0.05, 0.1) is 12.2 Å². The van der Waals surface area contributed by atoms with Crippen molar-refractivity contribution in [3.8, 4) is 11.8 Å². The van der Waals surface area contributed by atoms with Crippen LogP contribution in [-0.4, -0.2) is 39.9 Å². The molecule has 0 heterocycles. The minimum absolute atomic E-state index is 0.0433. The molecule has 0 aromatic carbocycles. The highest BCUT2D eigenvalue weighted by atomic mass is 28.4. The van der Waals surface area contributed by atoms with Gasteiger partial charge in [-0.15, -0.1) is 11.8 Å². The number of allylic oxidation sites excluding steroid dienone is 2. The van der Waals surface area contributed by atoms with Crippen LogP contribution in [0, 0.1) is 35.5 Å². The smallest absolute Gasteiger partial charge is 0.303 e. The molecule has 0 spiro atoms. The Morgan fingerprint density at radius 3 is 2.25 bits per heavy atom. The number of hydrogen-bond donors (Lipinski definition) is 1. The lowest BCUT2D eigenvalue weighted by atomic mass is 9.89. The molecule has 2 aliphatic rings. The van der Waals surface area contributed by atoms with Crippen LogP contribution in [0.3, 0.4) is 0 Å². The second kappa shape index (κ2) is 13.9. The number of unbranched alkanes of at least 4 members (excludes halogenated alkanes) is 1. The number of hydrogen-bond acceptors (Lipinski definition) is 3. The summed E-state index contributed by atoms with van der Waals surface area (Å²) >= 11 is 0. The molecular formula is C34H60O4Si2. The van der Waals surface area contributed by atoms with Gasteiger partial charge in [0.1, 0.15) is 0 Å². The van der Waals surface area contributed by atoms with Crippen molar-refractivity contribution in [2.75, 3.05) is 0 Å². The van der Waals surface area contributed by atoms with Crippen LogP contribution >= 0.6 is 0 Å². The van der Waals surface area contributed by atoms with Gasteiger partial charge in [0.2, 0.25) is 0 Å². The first-order chi connectivity index (χ1) is 18.3. The van der Waals surface area contributed by atoms with Crippen LogP contribution in [-0.2, 0) is 13.6 Å². The van der Waals surface area contributed by atoms with Crippen molar-refractivity contribution < 1.29 is 18.8 Å². The molecule has 0 aromatic heterocycles. The summed E-state index contributed by atoms with van der Waals surface area (Å²) in [5.41, 5.74) is 1.52. The van der Waals surface area contributed by atoms with Crippen LogP contribution in [0.15, 0.2) is 23.8 Å².